The van der Waals surface area contributed by atoms with Gasteiger partial charge in [0, 0.05) is 0 Å². The van der Waals surface area contributed by atoms with Crippen LogP contribution in [0.4, 0.5) is 0 Å². The van der Waals surface area contributed by atoms with Gasteiger partial charge in [-0.3, -0.25) is 9.11 Å². The first kappa shape index (κ1) is 30.4. The van der Waals surface area contributed by atoms with Crippen molar-refractivity contribution in [2.75, 3.05) is 0 Å². The van der Waals surface area contributed by atoms with Crippen molar-refractivity contribution in [3.8, 4) is 0 Å². The van der Waals surface area contributed by atoms with Gasteiger partial charge in [0.25, 0.3) is 0 Å². The number of aliphatic hydroxyl groups is 1. The molecule has 0 radical (unpaired) electrons. The highest BCUT2D eigenvalue weighted by Crippen LogP contribution is 2.67. The first-order valence-electron chi connectivity index (χ1n) is 14.1. The van der Waals surface area contributed by atoms with E-state index in [1.807, 2.05) is 0 Å². The van der Waals surface area contributed by atoms with E-state index >= 15 is 0 Å². The van der Waals surface area contributed by atoms with Crippen LogP contribution in [0.3, 0.4) is 0 Å². The fourth-order valence-corrected chi connectivity index (χ4v) is 10.0. The summed E-state index contributed by atoms with van der Waals surface area (Å²) < 4.78 is 75.6. The fourth-order valence-electron chi connectivity index (χ4n) is 8.97. The maximum Gasteiger partial charge on any atom is 0.397 e. The molecule has 0 aromatic heterocycles. The Kier molecular flexibility index (Phi) is 8.55. The van der Waals surface area contributed by atoms with Crippen molar-refractivity contribution in [2.24, 2.45) is 46.3 Å². The Morgan fingerprint density at radius 2 is 1.61 bits per heavy atom. The second-order valence-corrected chi connectivity index (χ2v) is 15.5. The van der Waals surface area contributed by atoms with E-state index in [1.54, 1.807) is 0 Å². The molecule has 0 aromatic rings. The van der Waals surface area contributed by atoms with Crippen LogP contribution in [-0.2, 0) is 29.2 Å². The van der Waals surface area contributed by atoms with Gasteiger partial charge in [0.15, 0.2) is 0 Å². The lowest BCUT2D eigenvalue weighted by Crippen LogP contribution is -2.55. The molecule has 0 aromatic carbocycles. The van der Waals surface area contributed by atoms with Gasteiger partial charge in [-0.15, -0.1) is 0 Å². The zero-order valence-corrected chi connectivity index (χ0v) is 24.9. The summed E-state index contributed by atoms with van der Waals surface area (Å²) >= 11 is 0. The zero-order chi connectivity index (χ0) is 28.3. The monoisotopic (exact) mass is 578 g/mol. The Hall–Kier alpha value is -0.560. The van der Waals surface area contributed by atoms with Crippen molar-refractivity contribution in [1.29, 1.82) is 0 Å². The third-order valence-corrected chi connectivity index (χ3v) is 11.8. The van der Waals surface area contributed by atoms with E-state index in [0.29, 0.717) is 37.0 Å². The molecule has 0 saturated heterocycles. The van der Waals surface area contributed by atoms with Crippen LogP contribution in [0.1, 0.15) is 92.4 Å². The number of rotatable bonds is 9. The summed E-state index contributed by atoms with van der Waals surface area (Å²) in [6, 6.07) is 0. The van der Waals surface area contributed by atoms with Gasteiger partial charge >= 0.3 is 20.8 Å². The maximum absolute atomic E-state index is 11.9. The highest BCUT2D eigenvalue weighted by atomic mass is 32.3. The molecule has 0 spiro atoms. The molecule has 38 heavy (non-hydrogen) atoms. The number of hydrogen-bond donors (Lipinski definition) is 3. The van der Waals surface area contributed by atoms with Crippen LogP contribution in [-0.4, -0.2) is 49.4 Å². The Morgan fingerprint density at radius 1 is 0.947 bits per heavy atom. The van der Waals surface area contributed by atoms with Gasteiger partial charge in [-0.25, -0.2) is 8.37 Å². The fraction of sp³-hybridized carbons (Fsp3) is 0.926. The molecule has 9 nitrogen and oxygen atoms in total. The third kappa shape index (κ3) is 6.04. The molecule has 0 unspecified atom stereocenters. The van der Waals surface area contributed by atoms with E-state index in [0.717, 1.165) is 32.1 Å². The van der Waals surface area contributed by atoms with Crippen molar-refractivity contribution < 1.29 is 39.4 Å². The summed E-state index contributed by atoms with van der Waals surface area (Å²) in [5, 5.41) is 11.0. The van der Waals surface area contributed by atoms with Crippen molar-refractivity contribution in [2.45, 2.75) is 111 Å². The van der Waals surface area contributed by atoms with Crippen LogP contribution < -0.4 is 0 Å². The van der Waals surface area contributed by atoms with E-state index in [4.69, 9.17) is 8.37 Å². The van der Waals surface area contributed by atoms with Crippen molar-refractivity contribution in [1.82, 2.24) is 0 Å². The molecule has 11 heteroatoms. The summed E-state index contributed by atoms with van der Waals surface area (Å²) in [4.78, 5) is 0. The minimum atomic E-state index is -4.74. The van der Waals surface area contributed by atoms with Crippen molar-refractivity contribution in [3.63, 3.8) is 0 Å². The van der Waals surface area contributed by atoms with Gasteiger partial charge in [0.05, 0.1) is 18.3 Å². The summed E-state index contributed by atoms with van der Waals surface area (Å²) in [5.74, 6) is 1.01. The standard InChI is InChI=1S/C27H46O9S2/c1-16(2)6-9-24(28)17(3)20-7-8-21-19-15-25(36-38(32,33)34)23-14-18(35-37(29,30)31)10-12-27(23,5)22(19)11-13-26(20,21)4/h11,16-21,23-25,28H,6-10,12-15H2,1-5H3,(H,29,30,31)(H,32,33,34)/t17-,18-,19-,20+,21-,23+,24+,25-,26+,27+/m0/s1. The lowest BCUT2D eigenvalue weighted by Gasteiger charge is -2.59. The van der Waals surface area contributed by atoms with Gasteiger partial charge in [0.2, 0.25) is 0 Å². The van der Waals surface area contributed by atoms with Gasteiger partial charge < -0.3 is 5.11 Å². The predicted octanol–water partition coefficient (Wildman–Crippen LogP) is 4.98. The molecule has 0 heterocycles. The molecule has 3 N–H and O–H groups in total. The average Bonchev–Trinajstić information content (AvgIpc) is 3.13. The Labute approximate surface area is 228 Å². The van der Waals surface area contributed by atoms with Crippen molar-refractivity contribution >= 4 is 20.8 Å². The highest BCUT2D eigenvalue weighted by molar-refractivity contribution is 7.81. The molecule has 3 saturated carbocycles. The molecule has 0 aliphatic heterocycles. The molecular formula is C27H46O9S2. The largest absolute Gasteiger partial charge is 0.397 e. The normalized spacial score (nSPS) is 41.1. The van der Waals surface area contributed by atoms with Crippen LogP contribution in [0.15, 0.2) is 11.6 Å². The molecule has 4 aliphatic rings. The first-order valence-corrected chi connectivity index (χ1v) is 16.9. The number of fused-ring (bicyclic) bond motifs is 5. The second-order valence-electron chi connectivity index (χ2n) is 13.4. The van der Waals surface area contributed by atoms with E-state index in [1.165, 1.54) is 5.57 Å². The highest BCUT2D eigenvalue weighted by Gasteiger charge is 2.61. The quantitative estimate of drug-likeness (QED) is 0.254. The number of aliphatic hydroxyl groups excluding tert-OH is 1. The van der Waals surface area contributed by atoms with Crippen LogP contribution >= 0.6 is 0 Å². The minimum absolute atomic E-state index is 0.0382. The van der Waals surface area contributed by atoms with Crippen LogP contribution in [0.2, 0.25) is 0 Å². The number of allylic oxidation sites excluding steroid dienone is 2. The first-order chi connectivity index (χ1) is 17.4. The van der Waals surface area contributed by atoms with Gasteiger partial charge in [-0.1, -0.05) is 46.3 Å². The summed E-state index contributed by atoms with van der Waals surface area (Å²) in [7, 11) is -9.39. The Bertz CT molecular complexity index is 1120. The predicted molar refractivity (Wildman–Crippen MR) is 143 cm³/mol. The molecule has 220 valence electrons. The van der Waals surface area contributed by atoms with Crippen LogP contribution in [0.5, 0.6) is 0 Å². The molecule has 0 bridgehead atoms. The van der Waals surface area contributed by atoms with E-state index in [9.17, 15) is 31.0 Å². The maximum atomic E-state index is 11.9. The molecule has 4 rings (SSSR count). The van der Waals surface area contributed by atoms with E-state index < -0.39 is 44.3 Å². The van der Waals surface area contributed by atoms with Crippen LogP contribution in [0, 0.1) is 46.3 Å². The molecule has 4 aliphatic carbocycles. The Morgan fingerprint density at radius 3 is 2.21 bits per heavy atom. The summed E-state index contributed by atoms with van der Waals surface area (Å²) in [6.45, 7) is 10.9. The second kappa shape index (κ2) is 10.7. The lowest BCUT2D eigenvalue weighted by molar-refractivity contribution is -0.0727. The summed E-state index contributed by atoms with van der Waals surface area (Å²) in [6.07, 6.45) is 6.56. The van der Waals surface area contributed by atoms with E-state index in [-0.39, 0.29) is 29.8 Å². The molecular weight excluding hydrogens is 532 g/mol. The van der Waals surface area contributed by atoms with Gasteiger partial charge in [0.1, 0.15) is 0 Å². The molecule has 10 atom stereocenters. The molecule has 0 amide bonds. The Balaban J connectivity index is 1.63. The lowest BCUT2D eigenvalue weighted by atomic mass is 9.47. The van der Waals surface area contributed by atoms with Gasteiger partial charge in [-0.2, -0.15) is 16.8 Å². The summed E-state index contributed by atoms with van der Waals surface area (Å²) in [5.41, 5.74) is 0.794. The smallest absolute Gasteiger partial charge is 0.393 e. The zero-order valence-electron chi connectivity index (χ0n) is 23.2. The average molecular weight is 579 g/mol. The number of hydrogen-bond acceptors (Lipinski definition) is 7. The molecule has 3 fully saturated rings. The topological polar surface area (TPSA) is 147 Å². The minimum Gasteiger partial charge on any atom is -0.393 e. The van der Waals surface area contributed by atoms with Crippen molar-refractivity contribution in [3.05, 3.63) is 11.6 Å². The van der Waals surface area contributed by atoms with Crippen LogP contribution in [0.25, 0.3) is 0 Å². The van der Waals surface area contributed by atoms with Gasteiger partial charge in [-0.05, 0) is 104 Å². The van der Waals surface area contributed by atoms with E-state index in [2.05, 4.69) is 40.7 Å². The third-order valence-electron chi connectivity index (χ3n) is 10.8. The SMILES string of the molecule is CC(C)CC[C@@H](O)[C@@H](C)[C@H]1CC[C@H]2[C@@H]3C[C@H](OS(=O)(=O)O)[C@H]4C[C@@H](OS(=O)(=O)O)CC[C@]4(C)C3=CC[C@]12C.